The van der Waals surface area contributed by atoms with E-state index in [0.29, 0.717) is 21.5 Å². The summed E-state index contributed by atoms with van der Waals surface area (Å²) in [5.41, 5.74) is 1.55. The van der Waals surface area contributed by atoms with E-state index in [-0.39, 0.29) is 16.6 Å². The van der Waals surface area contributed by atoms with Crippen LogP contribution in [0.3, 0.4) is 0 Å². The van der Waals surface area contributed by atoms with Crippen LogP contribution < -0.4 is 15.6 Å². The third-order valence-corrected chi connectivity index (χ3v) is 6.28. The third-order valence-electron chi connectivity index (χ3n) is 5.78. The maximum absolute atomic E-state index is 15.1. The van der Waals surface area contributed by atoms with Gasteiger partial charge in [0.2, 0.25) is 0 Å². The highest BCUT2D eigenvalue weighted by molar-refractivity contribution is 6.30. The van der Waals surface area contributed by atoms with Gasteiger partial charge >= 0.3 is 0 Å². The molecule has 0 radical (unpaired) electrons. The Kier molecular flexibility index (Phi) is 5.96. The summed E-state index contributed by atoms with van der Waals surface area (Å²) in [5, 5.41) is 4.69. The van der Waals surface area contributed by atoms with Crippen molar-refractivity contribution in [1.82, 2.24) is 9.55 Å². The van der Waals surface area contributed by atoms with Crippen LogP contribution in [0.5, 0.6) is 0 Å². The summed E-state index contributed by atoms with van der Waals surface area (Å²) in [6.07, 6.45) is 3.10. The number of fused-ring (bicyclic) bond motifs is 1. The Labute approximate surface area is 200 Å². The summed E-state index contributed by atoms with van der Waals surface area (Å²) in [6.45, 7) is 1.48. The number of anilines is 3. The number of pyridine rings is 2. The van der Waals surface area contributed by atoms with Gasteiger partial charge in [0.15, 0.2) is 22.7 Å². The van der Waals surface area contributed by atoms with Crippen molar-refractivity contribution in [2.24, 2.45) is 0 Å². The van der Waals surface area contributed by atoms with Crippen LogP contribution in [0.1, 0.15) is 19.3 Å². The molecule has 5 rings (SSSR count). The van der Waals surface area contributed by atoms with Crippen LogP contribution in [0, 0.1) is 5.82 Å². The average molecular weight is 483 g/mol. The van der Waals surface area contributed by atoms with Crippen LogP contribution in [0.25, 0.3) is 16.7 Å². The van der Waals surface area contributed by atoms with Crippen LogP contribution in [0.4, 0.5) is 21.7 Å². The van der Waals surface area contributed by atoms with E-state index in [0.717, 1.165) is 43.7 Å². The molecule has 1 aliphatic rings. The van der Waals surface area contributed by atoms with Crippen molar-refractivity contribution in [2.75, 3.05) is 23.3 Å². The zero-order valence-corrected chi connectivity index (χ0v) is 19.2. The molecule has 33 heavy (non-hydrogen) atoms. The number of aromatic nitrogens is 2. The van der Waals surface area contributed by atoms with Gasteiger partial charge in [0.25, 0.3) is 0 Å². The fourth-order valence-electron chi connectivity index (χ4n) is 4.15. The fourth-order valence-corrected chi connectivity index (χ4v) is 4.41. The van der Waals surface area contributed by atoms with Gasteiger partial charge in [-0.15, -0.1) is 0 Å². The summed E-state index contributed by atoms with van der Waals surface area (Å²) in [5.74, 6) is 0.288. The molecule has 3 heterocycles. The first-order chi connectivity index (χ1) is 16.0. The summed E-state index contributed by atoms with van der Waals surface area (Å²) in [7, 11) is 0. The molecule has 0 unspecified atom stereocenters. The van der Waals surface area contributed by atoms with E-state index in [1.54, 1.807) is 24.3 Å². The Morgan fingerprint density at radius 1 is 0.879 bits per heavy atom. The van der Waals surface area contributed by atoms with Gasteiger partial charge in [-0.3, -0.25) is 9.36 Å². The number of piperidine rings is 1. The highest BCUT2D eigenvalue weighted by atomic mass is 35.5. The minimum Gasteiger partial charge on any atom is -0.354 e. The van der Waals surface area contributed by atoms with Gasteiger partial charge < -0.3 is 10.2 Å². The molecule has 0 atom stereocenters. The zero-order valence-electron chi connectivity index (χ0n) is 17.7. The maximum atomic E-state index is 15.1. The van der Waals surface area contributed by atoms with E-state index in [9.17, 15) is 4.79 Å². The lowest BCUT2D eigenvalue weighted by Gasteiger charge is -2.28. The van der Waals surface area contributed by atoms with Gasteiger partial charge in [-0.25, -0.2) is 9.37 Å². The number of nitrogens with zero attached hydrogens (tertiary/aromatic N) is 3. The number of hydrogen-bond donors (Lipinski definition) is 1. The van der Waals surface area contributed by atoms with Crippen molar-refractivity contribution >= 4 is 51.6 Å². The number of halogens is 3. The molecule has 5 nitrogen and oxygen atoms in total. The second-order valence-corrected chi connectivity index (χ2v) is 8.92. The van der Waals surface area contributed by atoms with Crippen molar-refractivity contribution in [2.45, 2.75) is 19.3 Å². The van der Waals surface area contributed by atoms with Crippen LogP contribution >= 0.6 is 23.2 Å². The highest BCUT2D eigenvalue weighted by Gasteiger charge is 2.21. The SMILES string of the molecule is O=c1cc(Nc2ccc(Cl)cc2)n(-c2ccc(Cl)cc2)c2nc(N3CCCCC3)c(F)cc12. The van der Waals surface area contributed by atoms with Crippen molar-refractivity contribution in [3.05, 3.63) is 86.7 Å². The molecule has 0 saturated carbocycles. The van der Waals surface area contributed by atoms with Crippen molar-refractivity contribution in [3.8, 4) is 5.69 Å². The second kappa shape index (κ2) is 9.04. The van der Waals surface area contributed by atoms with Crippen LogP contribution in [-0.2, 0) is 0 Å². The number of nitrogens with one attached hydrogen (secondary N) is 1. The number of hydrogen-bond acceptors (Lipinski definition) is 4. The standard InChI is InChI=1S/C25H21Cl2FN4O/c26-16-4-8-18(9-5-16)29-23-15-22(33)20-14-21(28)25(31-12-2-1-3-13-31)30-24(20)32(23)19-10-6-17(27)7-11-19/h4-11,14-15,29H,1-3,12-13H2. The summed E-state index contributed by atoms with van der Waals surface area (Å²) in [6, 6.07) is 17.1. The molecule has 1 N–H and O–H groups in total. The lowest BCUT2D eigenvalue weighted by atomic mass is 10.1. The molecule has 2 aromatic heterocycles. The first-order valence-corrected chi connectivity index (χ1v) is 11.5. The second-order valence-electron chi connectivity index (χ2n) is 8.05. The molecular weight excluding hydrogens is 462 g/mol. The van der Waals surface area contributed by atoms with E-state index in [4.69, 9.17) is 28.2 Å². The predicted molar refractivity (Wildman–Crippen MR) is 133 cm³/mol. The smallest absolute Gasteiger partial charge is 0.193 e. The van der Waals surface area contributed by atoms with Crippen LogP contribution in [0.2, 0.25) is 10.0 Å². The molecule has 1 saturated heterocycles. The van der Waals surface area contributed by atoms with Gasteiger partial charge in [0.1, 0.15) is 5.82 Å². The summed E-state index contributed by atoms with van der Waals surface area (Å²) < 4.78 is 16.9. The number of rotatable bonds is 4. The topological polar surface area (TPSA) is 50.2 Å². The van der Waals surface area contributed by atoms with E-state index in [1.807, 2.05) is 33.7 Å². The van der Waals surface area contributed by atoms with Gasteiger partial charge in [0, 0.05) is 40.6 Å². The van der Waals surface area contributed by atoms with Crippen molar-refractivity contribution < 1.29 is 4.39 Å². The third kappa shape index (κ3) is 4.41. The molecule has 0 aliphatic carbocycles. The molecule has 8 heteroatoms. The Bertz CT molecular complexity index is 1360. The predicted octanol–water partition coefficient (Wildman–Crippen LogP) is 6.57. The monoisotopic (exact) mass is 482 g/mol. The van der Waals surface area contributed by atoms with Crippen LogP contribution in [-0.4, -0.2) is 22.6 Å². The molecule has 0 spiro atoms. The number of benzene rings is 2. The van der Waals surface area contributed by atoms with Crippen molar-refractivity contribution in [1.29, 1.82) is 0 Å². The lowest BCUT2D eigenvalue weighted by Crippen LogP contribution is -2.31. The highest BCUT2D eigenvalue weighted by Crippen LogP contribution is 2.29. The maximum Gasteiger partial charge on any atom is 0.193 e. The van der Waals surface area contributed by atoms with Gasteiger partial charge in [-0.1, -0.05) is 23.2 Å². The Morgan fingerprint density at radius 2 is 1.52 bits per heavy atom. The molecular formula is C25H21Cl2FN4O. The molecule has 1 aliphatic heterocycles. The van der Waals surface area contributed by atoms with Gasteiger partial charge in [-0.2, -0.15) is 0 Å². The first kappa shape index (κ1) is 21.7. The molecule has 2 aromatic carbocycles. The average Bonchev–Trinajstić information content (AvgIpc) is 2.82. The minimum absolute atomic E-state index is 0.213. The molecule has 1 fully saturated rings. The van der Waals surface area contributed by atoms with Gasteiger partial charge in [-0.05, 0) is 73.9 Å². The van der Waals surface area contributed by atoms with Crippen molar-refractivity contribution in [3.63, 3.8) is 0 Å². The minimum atomic E-state index is -0.484. The van der Waals surface area contributed by atoms with E-state index in [2.05, 4.69) is 5.32 Å². The molecule has 4 aromatic rings. The van der Waals surface area contributed by atoms with Crippen LogP contribution in [0.15, 0.2) is 65.5 Å². The summed E-state index contributed by atoms with van der Waals surface area (Å²) in [4.78, 5) is 19.7. The largest absolute Gasteiger partial charge is 0.354 e. The lowest BCUT2D eigenvalue weighted by molar-refractivity contribution is 0.551. The fraction of sp³-hybridized carbons (Fsp3) is 0.200. The van der Waals surface area contributed by atoms with Gasteiger partial charge in [0.05, 0.1) is 5.39 Å². The Balaban J connectivity index is 1.75. The Hall–Kier alpha value is -3.09. The first-order valence-electron chi connectivity index (χ1n) is 10.8. The van der Waals surface area contributed by atoms with E-state index >= 15 is 4.39 Å². The molecule has 0 bridgehead atoms. The summed E-state index contributed by atoms with van der Waals surface area (Å²) >= 11 is 12.1. The van der Waals surface area contributed by atoms with E-state index < -0.39 is 5.82 Å². The Morgan fingerprint density at radius 3 is 2.18 bits per heavy atom. The zero-order chi connectivity index (χ0) is 22.9. The molecule has 168 valence electrons. The molecule has 0 amide bonds. The van der Waals surface area contributed by atoms with E-state index in [1.165, 1.54) is 12.1 Å². The quantitative estimate of drug-likeness (QED) is 0.357. The normalized spacial score (nSPS) is 14.0.